The summed E-state index contributed by atoms with van der Waals surface area (Å²) < 4.78 is 11.2. The quantitative estimate of drug-likeness (QED) is 0.160. The maximum Gasteiger partial charge on any atom is 0.238 e. The number of para-hydroxylation sites is 2. The van der Waals surface area contributed by atoms with Gasteiger partial charge in [0, 0.05) is 54.5 Å². The molecule has 0 spiro atoms. The molecule has 0 saturated heterocycles. The Balaban J connectivity index is 1.01. The molecule has 0 N–H and O–H groups in total. The van der Waals surface area contributed by atoms with Crippen molar-refractivity contribution in [3.63, 3.8) is 0 Å². The molecule has 4 heterocycles. The van der Waals surface area contributed by atoms with Crippen molar-refractivity contribution in [1.82, 2.24) is 24.1 Å². The van der Waals surface area contributed by atoms with Crippen LogP contribution in [0.5, 0.6) is 0 Å². The molecule has 0 radical (unpaired) electrons. The van der Waals surface area contributed by atoms with Crippen molar-refractivity contribution in [2.75, 3.05) is 0 Å². The molecular weight excluding hydrogens is 891 g/mol. The van der Waals surface area contributed by atoms with Crippen molar-refractivity contribution >= 4 is 76.3 Å². The first-order valence-corrected chi connectivity index (χ1v) is 24.7. The van der Waals surface area contributed by atoms with Crippen LogP contribution in [0.15, 0.2) is 253 Å². The summed E-state index contributed by atoms with van der Waals surface area (Å²) in [5, 5.41) is 8.94. The second-order valence-corrected chi connectivity index (χ2v) is 18.8. The first-order chi connectivity index (χ1) is 36.2. The Morgan fingerprint density at radius 3 is 1.51 bits per heavy atom. The zero-order valence-electron chi connectivity index (χ0n) is 39.3. The van der Waals surface area contributed by atoms with E-state index in [1.165, 1.54) is 16.5 Å². The minimum absolute atomic E-state index is 0.527. The van der Waals surface area contributed by atoms with Crippen LogP contribution >= 0.6 is 0 Å². The van der Waals surface area contributed by atoms with E-state index in [-0.39, 0.29) is 0 Å². The van der Waals surface area contributed by atoms with Crippen molar-refractivity contribution in [2.45, 2.75) is 0 Å². The monoisotopic (exact) mass is 931 g/mol. The van der Waals surface area contributed by atoms with E-state index in [0.29, 0.717) is 17.6 Å². The number of rotatable bonds is 7. The zero-order valence-corrected chi connectivity index (χ0v) is 39.3. The molecule has 0 saturated carbocycles. The van der Waals surface area contributed by atoms with Crippen molar-refractivity contribution < 1.29 is 4.42 Å². The Kier molecular flexibility index (Phi) is 9.16. The fraction of sp³-hybridized carbons (Fsp3) is 0. The van der Waals surface area contributed by atoms with Crippen molar-refractivity contribution in [3.8, 4) is 67.8 Å². The molecule has 340 valence electrons. The van der Waals surface area contributed by atoms with Gasteiger partial charge in [-0.2, -0.15) is 9.97 Å². The van der Waals surface area contributed by atoms with Crippen LogP contribution in [0.4, 0.5) is 0 Å². The Morgan fingerprint density at radius 2 is 0.795 bits per heavy atom. The highest BCUT2D eigenvalue weighted by atomic mass is 16.3. The number of benzene rings is 11. The minimum Gasteiger partial charge on any atom is -0.456 e. The third-order valence-corrected chi connectivity index (χ3v) is 14.6. The number of hydrogen-bond donors (Lipinski definition) is 0. The Hall–Kier alpha value is -9.91. The predicted octanol–water partition coefficient (Wildman–Crippen LogP) is 17.5. The Bertz CT molecular complexity index is 4590. The second-order valence-electron chi connectivity index (χ2n) is 18.8. The van der Waals surface area contributed by atoms with Crippen LogP contribution in [0.25, 0.3) is 144 Å². The lowest BCUT2D eigenvalue weighted by Gasteiger charge is -2.14. The molecule has 11 aromatic carbocycles. The molecule has 15 rings (SSSR count). The van der Waals surface area contributed by atoms with Crippen molar-refractivity contribution in [3.05, 3.63) is 249 Å². The Morgan fingerprint density at radius 1 is 0.288 bits per heavy atom. The van der Waals surface area contributed by atoms with E-state index in [2.05, 4.69) is 234 Å². The third kappa shape index (κ3) is 6.62. The first kappa shape index (κ1) is 40.9. The van der Waals surface area contributed by atoms with Gasteiger partial charge in [-0.15, -0.1) is 0 Å². The van der Waals surface area contributed by atoms with Gasteiger partial charge in [-0.1, -0.05) is 194 Å². The van der Waals surface area contributed by atoms with Gasteiger partial charge in [0.15, 0.2) is 11.6 Å². The summed E-state index contributed by atoms with van der Waals surface area (Å²) in [6.45, 7) is 0. The number of furan rings is 1. The minimum atomic E-state index is 0.527. The molecule has 73 heavy (non-hydrogen) atoms. The lowest BCUT2D eigenvalue weighted by Crippen LogP contribution is -2.06. The molecule has 6 nitrogen and oxygen atoms in total. The highest BCUT2D eigenvalue weighted by molar-refractivity contribution is 6.31. The maximum atomic E-state index is 6.44. The molecule has 15 aromatic rings. The molecule has 0 fully saturated rings. The summed E-state index contributed by atoms with van der Waals surface area (Å²) >= 11 is 0. The summed E-state index contributed by atoms with van der Waals surface area (Å²) in [6, 6.07) is 88.3. The van der Waals surface area contributed by atoms with E-state index >= 15 is 0 Å². The van der Waals surface area contributed by atoms with Gasteiger partial charge in [0.2, 0.25) is 5.95 Å². The molecule has 0 aliphatic carbocycles. The van der Waals surface area contributed by atoms with Crippen LogP contribution in [0.2, 0.25) is 0 Å². The van der Waals surface area contributed by atoms with Gasteiger partial charge in [-0.25, -0.2) is 4.98 Å². The molecule has 4 aromatic heterocycles. The highest BCUT2D eigenvalue weighted by Crippen LogP contribution is 2.45. The topological polar surface area (TPSA) is 61.7 Å². The smallest absolute Gasteiger partial charge is 0.238 e. The lowest BCUT2D eigenvalue weighted by atomic mass is 9.98. The molecule has 0 amide bonds. The van der Waals surface area contributed by atoms with Crippen molar-refractivity contribution in [2.24, 2.45) is 0 Å². The van der Waals surface area contributed by atoms with E-state index in [1.807, 2.05) is 24.3 Å². The van der Waals surface area contributed by atoms with E-state index in [0.717, 1.165) is 110 Å². The van der Waals surface area contributed by atoms with E-state index in [4.69, 9.17) is 19.4 Å². The third-order valence-electron chi connectivity index (χ3n) is 14.6. The van der Waals surface area contributed by atoms with Gasteiger partial charge in [0.25, 0.3) is 0 Å². The zero-order chi connectivity index (χ0) is 48.0. The first-order valence-electron chi connectivity index (χ1n) is 24.7. The number of aromatic nitrogens is 5. The number of hydrogen-bond acceptors (Lipinski definition) is 4. The summed E-state index contributed by atoms with van der Waals surface area (Å²) in [5.41, 5.74) is 15.6. The molecule has 0 aliphatic rings. The molecule has 0 unspecified atom stereocenters. The summed E-state index contributed by atoms with van der Waals surface area (Å²) in [7, 11) is 0. The van der Waals surface area contributed by atoms with Crippen LogP contribution in [-0.2, 0) is 0 Å². The average Bonchev–Trinajstić information content (AvgIpc) is 4.13. The van der Waals surface area contributed by atoms with Crippen LogP contribution in [-0.4, -0.2) is 24.1 Å². The molecule has 0 bridgehead atoms. The summed E-state index contributed by atoms with van der Waals surface area (Å²) in [5.74, 6) is 1.65. The van der Waals surface area contributed by atoms with Gasteiger partial charge in [0.1, 0.15) is 11.2 Å². The molecule has 6 heteroatoms. The molecule has 0 atom stereocenters. The summed E-state index contributed by atoms with van der Waals surface area (Å²) in [4.78, 5) is 16.2. The highest BCUT2D eigenvalue weighted by Gasteiger charge is 2.25. The number of fused-ring (bicyclic) bond motifs is 12. The van der Waals surface area contributed by atoms with E-state index < -0.39 is 0 Å². The SMILES string of the molecule is c1ccc(-c2ccc(-c3nc(-c4ccc5c(c4)oc4ccccc45)nc(-n4c5ccc6c(c7ccccc7n6-c6cc(-c7ccccc7)cc(-c7ccccc7)c6)c5c5ccc6ccccc6c54)n3)cc2)cc1. The normalized spacial score (nSPS) is 11.8. The van der Waals surface area contributed by atoms with Gasteiger partial charge < -0.3 is 8.98 Å². The molecule has 0 aliphatic heterocycles. The van der Waals surface area contributed by atoms with E-state index in [9.17, 15) is 0 Å². The fourth-order valence-corrected chi connectivity index (χ4v) is 11.2. The summed E-state index contributed by atoms with van der Waals surface area (Å²) in [6.07, 6.45) is 0. The fourth-order valence-electron chi connectivity index (χ4n) is 11.2. The van der Waals surface area contributed by atoms with E-state index in [1.54, 1.807) is 0 Å². The van der Waals surface area contributed by atoms with Crippen LogP contribution < -0.4 is 0 Å². The second kappa shape index (κ2) is 16.3. The average molecular weight is 932 g/mol. The van der Waals surface area contributed by atoms with Crippen LogP contribution in [0, 0.1) is 0 Å². The van der Waals surface area contributed by atoms with Crippen LogP contribution in [0.3, 0.4) is 0 Å². The number of nitrogens with zero attached hydrogens (tertiary/aromatic N) is 5. The van der Waals surface area contributed by atoms with Gasteiger partial charge >= 0.3 is 0 Å². The van der Waals surface area contributed by atoms with Gasteiger partial charge in [-0.3, -0.25) is 4.57 Å². The maximum absolute atomic E-state index is 6.44. The van der Waals surface area contributed by atoms with Crippen molar-refractivity contribution in [1.29, 1.82) is 0 Å². The standard InChI is InChI=1S/C67H41N5O/c1-4-16-42(17-5-1)45-28-30-47(31-29-45)65-68-66(48-33-34-54-53-24-13-15-27-60(53)73-61(54)41-48)70-67(69-65)72-59-37-36-58-62(63(59)56-35-32-46-22-10-11-23-52(46)64(56)72)55-25-12-14-26-57(55)71(58)51-39-49(43-18-6-2-7-19-43)38-50(40-51)44-20-8-3-9-21-44/h1-41H. The molecular formula is C67H41N5O. The Labute approximate surface area is 419 Å². The van der Waals surface area contributed by atoms with Gasteiger partial charge in [-0.05, 0) is 93.4 Å². The predicted molar refractivity (Wildman–Crippen MR) is 300 cm³/mol. The van der Waals surface area contributed by atoms with Gasteiger partial charge in [0.05, 0.1) is 22.1 Å². The lowest BCUT2D eigenvalue weighted by molar-refractivity contribution is 0.669. The largest absolute Gasteiger partial charge is 0.456 e. The van der Waals surface area contributed by atoms with Crippen LogP contribution in [0.1, 0.15) is 0 Å².